The van der Waals surface area contributed by atoms with Gasteiger partial charge in [-0.2, -0.15) is 0 Å². The molecule has 23 heavy (non-hydrogen) atoms. The molecule has 5 nitrogen and oxygen atoms in total. The van der Waals surface area contributed by atoms with Gasteiger partial charge in [-0.1, -0.05) is 18.2 Å². The fourth-order valence-corrected chi connectivity index (χ4v) is 2.41. The summed E-state index contributed by atoms with van der Waals surface area (Å²) in [6.45, 7) is 0.327. The fourth-order valence-electron chi connectivity index (χ4n) is 2.41. The quantitative estimate of drug-likeness (QED) is 0.782. The molecule has 0 radical (unpaired) electrons. The van der Waals surface area contributed by atoms with Gasteiger partial charge in [0, 0.05) is 17.5 Å². The number of methoxy groups -OCH3 is 2. The van der Waals surface area contributed by atoms with Crippen molar-refractivity contribution < 1.29 is 13.9 Å². The van der Waals surface area contributed by atoms with Crippen LogP contribution in [0.2, 0.25) is 0 Å². The third kappa shape index (κ3) is 2.88. The zero-order valence-corrected chi connectivity index (χ0v) is 12.8. The summed E-state index contributed by atoms with van der Waals surface area (Å²) in [5, 5.41) is 3.93. The molecule has 6 heteroatoms. The molecule has 0 amide bonds. The first-order valence-corrected chi connectivity index (χ1v) is 7.07. The fraction of sp³-hybridized carbons (Fsp3) is 0.176. The van der Waals surface area contributed by atoms with E-state index in [2.05, 4.69) is 15.3 Å². The third-order valence-electron chi connectivity index (χ3n) is 3.55. The molecule has 0 atom stereocenters. The molecule has 1 aromatic heterocycles. The van der Waals surface area contributed by atoms with Gasteiger partial charge in [-0.15, -0.1) is 0 Å². The van der Waals surface area contributed by atoms with Gasteiger partial charge < -0.3 is 14.8 Å². The van der Waals surface area contributed by atoms with Crippen LogP contribution < -0.4 is 14.8 Å². The third-order valence-corrected chi connectivity index (χ3v) is 3.55. The van der Waals surface area contributed by atoms with E-state index in [0.717, 1.165) is 5.39 Å². The van der Waals surface area contributed by atoms with E-state index in [1.807, 2.05) is 6.07 Å². The molecule has 0 aliphatic carbocycles. The SMILES string of the molecule is COc1ccc2c(NCc3ccccc3F)ncnc2c1OC. The van der Waals surface area contributed by atoms with Crippen LogP contribution in [0.25, 0.3) is 10.9 Å². The first-order valence-electron chi connectivity index (χ1n) is 7.07. The predicted octanol–water partition coefficient (Wildman–Crippen LogP) is 3.40. The summed E-state index contributed by atoms with van der Waals surface area (Å²) in [6.07, 6.45) is 1.44. The average Bonchev–Trinajstić information content (AvgIpc) is 2.59. The van der Waals surface area contributed by atoms with Gasteiger partial charge in [0.25, 0.3) is 0 Å². The summed E-state index contributed by atoms with van der Waals surface area (Å²) < 4.78 is 24.4. The highest BCUT2D eigenvalue weighted by Gasteiger charge is 2.13. The average molecular weight is 313 g/mol. The monoisotopic (exact) mass is 313 g/mol. The van der Waals surface area contributed by atoms with Crippen molar-refractivity contribution in [1.82, 2.24) is 9.97 Å². The lowest BCUT2D eigenvalue weighted by atomic mass is 10.2. The standard InChI is InChI=1S/C17H16FN3O2/c1-22-14-8-7-12-15(16(14)23-2)20-10-21-17(12)19-9-11-5-3-4-6-13(11)18/h3-8,10H,9H2,1-2H3,(H,19,20,21). The summed E-state index contributed by atoms with van der Waals surface area (Å²) in [5.41, 5.74) is 1.21. The molecule has 0 fully saturated rings. The summed E-state index contributed by atoms with van der Waals surface area (Å²) >= 11 is 0. The van der Waals surface area contributed by atoms with Crippen LogP contribution in [0, 0.1) is 5.82 Å². The highest BCUT2D eigenvalue weighted by Crippen LogP contribution is 2.35. The molecule has 0 unspecified atom stereocenters. The Hall–Kier alpha value is -2.89. The van der Waals surface area contributed by atoms with Crippen LogP contribution in [0.3, 0.4) is 0 Å². The van der Waals surface area contributed by atoms with Crippen LogP contribution in [-0.2, 0) is 6.54 Å². The number of nitrogens with one attached hydrogen (secondary N) is 1. The van der Waals surface area contributed by atoms with Crippen molar-refractivity contribution in [3.63, 3.8) is 0 Å². The van der Waals surface area contributed by atoms with E-state index in [9.17, 15) is 4.39 Å². The molecule has 0 spiro atoms. The maximum atomic E-state index is 13.7. The lowest BCUT2D eigenvalue weighted by molar-refractivity contribution is 0.358. The van der Waals surface area contributed by atoms with Crippen molar-refractivity contribution in [3.8, 4) is 11.5 Å². The van der Waals surface area contributed by atoms with Crippen LogP contribution in [0.5, 0.6) is 11.5 Å². The van der Waals surface area contributed by atoms with Gasteiger partial charge in [0.2, 0.25) is 0 Å². The van der Waals surface area contributed by atoms with Crippen molar-refractivity contribution in [2.45, 2.75) is 6.54 Å². The Labute approximate surface area is 133 Å². The number of aromatic nitrogens is 2. The summed E-state index contributed by atoms with van der Waals surface area (Å²) in [4.78, 5) is 8.51. The van der Waals surface area contributed by atoms with E-state index < -0.39 is 0 Å². The molecule has 118 valence electrons. The molecule has 0 aliphatic heterocycles. The molecule has 0 saturated heterocycles. The van der Waals surface area contributed by atoms with Crippen molar-refractivity contribution in [1.29, 1.82) is 0 Å². The van der Waals surface area contributed by atoms with E-state index in [1.165, 1.54) is 12.4 Å². The highest BCUT2D eigenvalue weighted by molar-refractivity contribution is 5.94. The smallest absolute Gasteiger partial charge is 0.187 e. The zero-order chi connectivity index (χ0) is 16.2. The van der Waals surface area contributed by atoms with Crippen molar-refractivity contribution in [3.05, 3.63) is 54.1 Å². The number of ether oxygens (including phenoxy) is 2. The van der Waals surface area contributed by atoms with E-state index in [0.29, 0.717) is 34.9 Å². The Bertz CT molecular complexity index is 839. The lowest BCUT2D eigenvalue weighted by Gasteiger charge is -2.13. The van der Waals surface area contributed by atoms with Crippen LogP contribution in [-0.4, -0.2) is 24.2 Å². The summed E-state index contributed by atoms with van der Waals surface area (Å²) in [5.74, 6) is 1.50. The number of rotatable bonds is 5. The second-order valence-electron chi connectivity index (χ2n) is 4.86. The van der Waals surface area contributed by atoms with Gasteiger partial charge in [-0.25, -0.2) is 14.4 Å². The second kappa shape index (κ2) is 6.48. The lowest BCUT2D eigenvalue weighted by Crippen LogP contribution is -2.04. The number of nitrogens with zero attached hydrogens (tertiary/aromatic N) is 2. The number of fused-ring (bicyclic) bond motifs is 1. The molecule has 3 aromatic rings. The minimum Gasteiger partial charge on any atom is -0.493 e. The van der Waals surface area contributed by atoms with E-state index in [4.69, 9.17) is 9.47 Å². The number of halogens is 1. The molecular weight excluding hydrogens is 297 g/mol. The Balaban J connectivity index is 1.97. The molecule has 1 heterocycles. The van der Waals surface area contributed by atoms with E-state index in [-0.39, 0.29) is 5.82 Å². The molecule has 0 bridgehead atoms. The Morgan fingerprint density at radius 2 is 1.87 bits per heavy atom. The van der Waals surface area contributed by atoms with E-state index >= 15 is 0 Å². The first-order chi connectivity index (χ1) is 11.2. The Morgan fingerprint density at radius 3 is 2.61 bits per heavy atom. The molecule has 2 aromatic carbocycles. The first kappa shape index (κ1) is 15.0. The van der Waals surface area contributed by atoms with Gasteiger partial charge in [0.05, 0.1) is 14.2 Å². The Morgan fingerprint density at radius 1 is 1.04 bits per heavy atom. The van der Waals surface area contributed by atoms with Crippen molar-refractivity contribution in [2.75, 3.05) is 19.5 Å². The molecule has 0 saturated carbocycles. The normalized spacial score (nSPS) is 10.6. The predicted molar refractivity (Wildman–Crippen MR) is 86.4 cm³/mol. The Kier molecular flexibility index (Phi) is 4.23. The number of anilines is 1. The van der Waals surface area contributed by atoms with Gasteiger partial charge in [0.1, 0.15) is 23.5 Å². The molecular formula is C17H16FN3O2. The van der Waals surface area contributed by atoms with Crippen LogP contribution in [0.4, 0.5) is 10.2 Å². The minimum absolute atomic E-state index is 0.252. The van der Waals surface area contributed by atoms with Crippen LogP contribution in [0.15, 0.2) is 42.7 Å². The second-order valence-corrected chi connectivity index (χ2v) is 4.86. The van der Waals surface area contributed by atoms with Crippen LogP contribution >= 0.6 is 0 Å². The van der Waals surface area contributed by atoms with Gasteiger partial charge in [-0.3, -0.25) is 0 Å². The number of benzene rings is 2. The number of hydrogen-bond acceptors (Lipinski definition) is 5. The minimum atomic E-state index is -0.252. The summed E-state index contributed by atoms with van der Waals surface area (Å²) in [7, 11) is 3.13. The molecule has 3 rings (SSSR count). The highest BCUT2D eigenvalue weighted by atomic mass is 19.1. The molecule has 0 aliphatic rings. The summed E-state index contributed by atoms with van der Waals surface area (Å²) in [6, 6.07) is 10.3. The topological polar surface area (TPSA) is 56.3 Å². The zero-order valence-electron chi connectivity index (χ0n) is 12.8. The largest absolute Gasteiger partial charge is 0.493 e. The maximum absolute atomic E-state index is 13.7. The van der Waals surface area contributed by atoms with Crippen LogP contribution in [0.1, 0.15) is 5.56 Å². The van der Waals surface area contributed by atoms with Gasteiger partial charge >= 0.3 is 0 Å². The molecule has 1 N–H and O–H groups in total. The van der Waals surface area contributed by atoms with Gasteiger partial charge in [0.15, 0.2) is 11.5 Å². The maximum Gasteiger partial charge on any atom is 0.187 e. The van der Waals surface area contributed by atoms with Crippen molar-refractivity contribution in [2.24, 2.45) is 0 Å². The van der Waals surface area contributed by atoms with Gasteiger partial charge in [-0.05, 0) is 18.2 Å². The van der Waals surface area contributed by atoms with Crippen molar-refractivity contribution >= 4 is 16.7 Å². The number of hydrogen-bond donors (Lipinski definition) is 1. The van der Waals surface area contributed by atoms with E-state index in [1.54, 1.807) is 38.5 Å².